The van der Waals surface area contributed by atoms with Crippen molar-refractivity contribution in [3.63, 3.8) is 0 Å². The van der Waals surface area contributed by atoms with E-state index in [1.807, 2.05) is 49.3 Å². The van der Waals surface area contributed by atoms with Gasteiger partial charge < -0.3 is 9.64 Å². The molecule has 4 aromatic heterocycles. The second-order valence-electron chi connectivity index (χ2n) is 8.10. The van der Waals surface area contributed by atoms with E-state index in [1.165, 1.54) is 6.20 Å². The molecule has 5 heterocycles. The van der Waals surface area contributed by atoms with Gasteiger partial charge in [-0.2, -0.15) is 0 Å². The summed E-state index contributed by atoms with van der Waals surface area (Å²) in [4.78, 5) is 29.7. The van der Waals surface area contributed by atoms with Gasteiger partial charge in [0.05, 0.1) is 30.6 Å². The number of methoxy groups -OCH3 is 1. The molecule has 33 heavy (non-hydrogen) atoms. The number of ether oxygens (including phenoxy) is 1. The van der Waals surface area contributed by atoms with Crippen LogP contribution in [0.3, 0.4) is 0 Å². The van der Waals surface area contributed by atoms with E-state index in [-0.39, 0.29) is 11.9 Å². The zero-order valence-electron chi connectivity index (χ0n) is 18.7. The summed E-state index contributed by atoms with van der Waals surface area (Å²) < 4.78 is 6.91. The van der Waals surface area contributed by atoms with Crippen LogP contribution in [0.1, 0.15) is 27.9 Å². The molecule has 1 saturated heterocycles. The minimum absolute atomic E-state index is 0.0767. The molecule has 0 aliphatic carbocycles. The number of carbonyl (C=O) groups excluding carboxylic acids is 1. The fraction of sp³-hybridized carbons (Fsp3) is 0.304. The van der Waals surface area contributed by atoms with Gasteiger partial charge in [-0.05, 0) is 26.1 Å². The first-order chi connectivity index (χ1) is 16.0. The van der Waals surface area contributed by atoms with Crippen molar-refractivity contribution in [2.24, 2.45) is 0 Å². The lowest BCUT2D eigenvalue weighted by Crippen LogP contribution is -2.49. The predicted octanol–water partition coefficient (Wildman–Crippen LogP) is 2.03. The van der Waals surface area contributed by atoms with E-state index in [1.54, 1.807) is 24.0 Å². The van der Waals surface area contributed by atoms with Crippen LogP contribution in [0.2, 0.25) is 0 Å². The normalized spacial score (nSPS) is 16.8. The van der Waals surface area contributed by atoms with Gasteiger partial charge in [-0.1, -0.05) is 11.3 Å². The van der Waals surface area contributed by atoms with E-state index in [2.05, 4.69) is 30.2 Å². The fourth-order valence-electron chi connectivity index (χ4n) is 4.01. The largest absolute Gasteiger partial charge is 0.481 e. The molecule has 1 atom stereocenters. The summed E-state index contributed by atoms with van der Waals surface area (Å²) in [6.45, 7) is 3.70. The van der Waals surface area contributed by atoms with E-state index in [4.69, 9.17) is 4.74 Å². The Kier molecular flexibility index (Phi) is 5.43. The number of pyridine rings is 2. The van der Waals surface area contributed by atoms with Crippen LogP contribution < -0.4 is 4.74 Å². The van der Waals surface area contributed by atoms with Gasteiger partial charge in [0.25, 0.3) is 5.91 Å². The second kappa shape index (κ2) is 8.55. The summed E-state index contributed by atoms with van der Waals surface area (Å²) in [6, 6.07) is 7.74. The zero-order valence-corrected chi connectivity index (χ0v) is 18.7. The SMILES string of the molecule is COc1ccc(-c2ccc3c([C@@H]4CN(C(=O)c5cnc(C)cn5)CCN4C)nnn3c2)cn1. The minimum Gasteiger partial charge on any atom is -0.481 e. The monoisotopic (exact) mass is 444 g/mol. The van der Waals surface area contributed by atoms with Crippen LogP contribution in [-0.4, -0.2) is 79.3 Å². The van der Waals surface area contributed by atoms with Crippen molar-refractivity contribution in [3.05, 3.63) is 66.1 Å². The Morgan fingerprint density at radius 2 is 1.88 bits per heavy atom. The van der Waals surface area contributed by atoms with Crippen molar-refractivity contribution < 1.29 is 9.53 Å². The van der Waals surface area contributed by atoms with Crippen LogP contribution in [0.4, 0.5) is 0 Å². The summed E-state index contributed by atoms with van der Waals surface area (Å²) >= 11 is 0. The summed E-state index contributed by atoms with van der Waals surface area (Å²) in [5, 5.41) is 8.83. The van der Waals surface area contributed by atoms with Crippen molar-refractivity contribution in [3.8, 4) is 17.0 Å². The first kappa shape index (κ1) is 21.0. The molecule has 1 aliphatic heterocycles. The summed E-state index contributed by atoms with van der Waals surface area (Å²) in [5.74, 6) is 0.449. The van der Waals surface area contributed by atoms with Crippen LogP contribution in [-0.2, 0) is 0 Å². The maximum Gasteiger partial charge on any atom is 0.274 e. The Hall–Kier alpha value is -3.92. The number of nitrogens with zero attached hydrogens (tertiary/aromatic N) is 8. The third kappa shape index (κ3) is 4.00. The number of piperazine rings is 1. The quantitative estimate of drug-likeness (QED) is 0.471. The first-order valence-corrected chi connectivity index (χ1v) is 10.7. The molecule has 1 fully saturated rings. The molecule has 0 spiro atoms. The highest BCUT2D eigenvalue weighted by atomic mass is 16.5. The number of hydrogen-bond acceptors (Lipinski definition) is 8. The van der Waals surface area contributed by atoms with Gasteiger partial charge in [-0.25, -0.2) is 14.5 Å². The summed E-state index contributed by atoms with van der Waals surface area (Å²) in [7, 11) is 3.64. The van der Waals surface area contributed by atoms with Gasteiger partial charge in [-0.3, -0.25) is 14.7 Å². The van der Waals surface area contributed by atoms with Crippen LogP contribution >= 0.6 is 0 Å². The van der Waals surface area contributed by atoms with Crippen molar-refractivity contribution in [2.45, 2.75) is 13.0 Å². The van der Waals surface area contributed by atoms with Crippen molar-refractivity contribution >= 4 is 11.4 Å². The Balaban J connectivity index is 1.41. The van der Waals surface area contributed by atoms with Gasteiger partial charge in [0.2, 0.25) is 5.88 Å². The molecule has 168 valence electrons. The Morgan fingerprint density at radius 1 is 1.03 bits per heavy atom. The number of likely N-dealkylation sites (N-methyl/N-ethyl adjacent to an activating group) is 1. The summed E-state index contributed by atoms with van der Waals surface area (Å²) in [6.07, 6.45) is 6.85. The van der Waals surface area contributed by atoms with E-state index in [9.17, 15) is 4.79 Å². The Bertz CT molecular complexity index is 1290. The van der Waals surface area contributed by atoms with Gasteiger partial charge in [0.15, 0.2) is 0 Å². The molecule has 10 heteroatoms. The molecule has 0 unspecified atom stereocenters. The number of rotatable bonds is 4. The highest BCUT2D eigenvalue weighted by Gasteiger charge is 2.32. The van der Waals surface area contributed by atoms with Gasteiger partial charge in [0.1, 0.15) is 11.4 Å². The lowest BCUT2D eigenvalue weighted by molar-refractivity contribution is 0.0536. The standard InChI is InChI=1S/C23H24N8O2/c1-15-10-25-18(12-24-15)23(32)30-9-8-29(2)20(14-30)22-19-6-4-17(13-31(19)28-27-22)16-5-7-21(33-3)26-11-16/h4-7,10-13,20H,8-9,14H2,1-3H3/t20-/m0/s1. The Morgan fingerprint density at radius 3 is 2.61 bits per heavy atom. The molecule has 0 radical (unpaired) electrons. The zero-order chi connectivity index (χ0) is 22.9. The topological polar surface area (TPSA) is 102 Å². The summed E-state index contributed by atoms with van der Waals surface area (Å²) in [5.41, 5.74) is 4.81. The molecule has 4 aromatic rings. The minimum atomic E-state index is -0.119. The number of amides is 1. The van der Waals surface area contributed by atoms with E-state index < -0.39 is 0 Å². The first-order valence-electron chi connectivity index (χ1n) is 10.7. The molecule has 1 aliphatic rings. The Labute approximate surface area is 190 Å². The lowest BCUT2D eigenvalue weighted by Gasteiger charge is -2.38. The molecule has 10 nitrogen and oxygen atoms in total. The van der Waals surface area contributed by atoms with Crippen LogP contribution in [0.25, 0.3) is 16.6 Å². The van der Waals surface area contributed by atoms with Crippen molar-refractivity contribution in [2.75, 3.05) is 33.8 Å². The van der Waals surface area contributed by atoms with Gasteiger partial charge >= 0.3 is 0 Å². The third-order valence-corrected chi connectivity index (χ3v) is 5.97. The third-order valence-electron chi connectivity index (χ3n) is 5.97. The predicted molar refractivity (Wildman–Crippen MR) is 121 cm³/mol. The average Bonchev–Trinajstić information content (AvgIpc) is 3.27. The molecule has 0 N–H and O–H groups in total. The van der Waals surface area contributed by atoms with Crippen molar-refractivity contribution in [1.29, 1.82) is 0 Å². The van der Waals surface area contributed by atoms with Crippen LogP contribution in [0.5, 0.6) is 5.88 Å². The lowest BCUT2D eigenvalue weighted by atomic mass is 10.1. The van der Waals surface area contributed by atoms with Crippen molar-refractivity contribution in [1.82, 2.24) is 39.6 Å². The molecule has 0 bridgehead atoms. The van der Waals surface area contributed by atoms with E-state index in [0.717, 1.165) is 34.6 Å². The molecule has 5 rings (SSSR count). The van der Waals surface area contributed by atoms with E-state index >= 15 is 0 Å². The molecule has 0 saturated carbocycles. The second-order valence-corrected chi connectivity index (χ2v) is 8.10. The number of carbonyl (C=O) groups is 1. The molecule has 1 amide bonds. The number of aryl methyl sites for hydroxylation is 1. The highest BCUT2D eigenvalue weighted by molar-refractivity contribution is 5.92. The fourth-order valence-corrected chi connectivity index (χ4v) is 4.01. The van der Waals surface area contributed by atoms with Gasteiger partial charge in [0, 0.05) is 55.4 Å². The smallest absolute Gasteiger partial charge is 0.274 e. The van der Waals surface area contributed by atoms with Crippen LogP contribution in [0.15, 0.2) is 49.1 Å². The van der Waals surface area contributed by atoms with E-state index in [0.29, 0.717) is 24.7 Å². The highest BCUT2D eigenvalue weighted by Crippen LogP contribution is 2.28. The number of hydrogen-bond donors (Lipinski definition) is 0. The molecule has 0 aromatic carbocycles. The molecular formula is C23H24N8O2. The van der Waals surface area contributed by atoms with Crippen LogP contribution in [0, 0.1) is 6.92 Å². The number of fused-ring (bicyclic) bond motifs is 1. The maximum absolute atomic E-state index is 13.0. The van der Waals surface area contributed by atoms with Gasteiger partial charge in [-0.15, -0.1) is 5.10 Å². The molecular weight excluding hydrogens is 420 g/mol. The average molecular weight is 444 g/mol. The maximum atomic E-state index is 13.0. The number of aromatic nitrogens is 6.